The van der Waals surface area contributed by atoms with E-state index < -0.39 is 5.97 Å². The van der Waals surface area contributed by atoms with Crippen LogP contribution >= 0.6 is 0 Å². The zero-order chi connectivity index (χ0) is 14.2. The minimum absolute atomic E-state index is 0.242. The highest BCUT2D eigenvalue weighted by Gasteiger charge is 2.17. The van der Waals surface area contributed by atoms with E-state index in [1.165, 1.54) is 52.1 Å². The maximum Gasteiger partial charge on any atom is 0.360 e. The minimum Gasteiger partial charge on any atom is -0.464 e. The molecule has 1 aromatic rings. The number of aromatic nitrogens is 1. The second-order valence-electron chi connectivity index (χ2n) is 5.06. The molecule has 0 aliphatic carbocycles. The molecule has 2 saturated heterocycles. The van der Waals surface area contributed by atoms with Gasteiger partial charge >= 0.3 is 5.97 Å². The summed E-state index contributed by atoms with van der Waals surface area (Å²) in [4.78, 5) is 17.4. The van der Waals surface area contributed by atoms with Crippen molar-refractivity contribution in [2.75, 3.05) is 33.3 Å². The van der Waals surface area contributed by atoms with Crippen LogP contribution in [0.25, 0.3) is 0 Å². The third-order valence-corrected chi connectivity index (χ3v) is 3.46. The van der Waals surface area contributed by atoms with Crippen molar-refractivity contribution >= 4 is 5.97 Å². The van der Waals surface area contributed by atoms with E-state index in [-0.39, 0.29) is 5.69 Å². The molecule has 6 heteroatoms. The Morgan fingerprint density at radius 3 is 2.60 bits per heavy atom. The molecule has 0 spiro atoms. The van der Waals surface area contributed by atoms with Gasteiger partial charge in [0.1, 0.15) is 6.26 Å². The number of rotatable bonds is 3. The van der Waals surface area contributed by atoms with E-state index in [4.69, 9.17) is 4.42 Å². The zero-order valence-electron chi connectivity index (χ0n) is 12.1. The molecule has 0 saturated carbocycles. The number of esters is 1. The van der Waals surface area contributed by atoms with Crippen molar-refractivity contribution in [3.8, 4) is 0 Å². The first-order chi connectivity index (χ1) is 9.79. The van der Waals surface area contributed by atoms with Crippen LogP contribution in [-0.2, 0) is 11.3 Å². The quantitative estimate of drug-likeness (QED) is 0.845. The fraction of sp³-hybridized carbons (Fsp3) is 0.714. The van der Waals surface area contributed by atoms with Gasteiger partial charge in [-0.1, -0.05) is 0 Å². The lowest BCUT2D eigenvalue weighted by atomic mass is 10.4. The van der Waals surface area contributed by atoms with Gasteiger partial charge in [0, 0.05) is 0 Å². The lowest BCUT2D eigenvalue weighted by molar-refractivity contribution is 0.0594. The zero-order valence-corrected chi connectivity index (χ0v) is 12.1. The van der Waals surface area contributed by atoms with Gasteiger partial charge in [0.15, 0.2) is 5.69 Å². The molecule has 20 heavy (non-hydrogen) atoms. The molecule has 2 aliphatic rings. The number of hydrogen-bond acceptors (Lipinski definition) is 6. The number of oxazole rings is 1. The fourth-order valence-corrected chi connectivity index (χ4v) is 2.34. The van der Waals surface area contributed by atoms with Crippen LogP contribution in [0.5, 0.6) is 0 Å². The Bertz CT molecular complexity index is 402. The Kier molecular flexibility index (Phi) is 6.01. The number of methoxy groups -OCH3 is 1. The van der Waals surface area contributed by atoms with E-state index in [1.54, 1.807) is 0 Å². The van der Waals surface area contributed by atoms with Crippen molar-refractivity contribution in [1.82, 2.24) is 15.2 Å². The predicted octanol–water partition coefficient (Wildman–Crippen LogP) is 1.43. The summed E-state index contributed by atoms with van der Waals surface area (Å²) in [6.45, 7) is 5.34. The smallest absolute Gasteiger partial charge is 0.360 e. The maximum atomic E-state index is 11.1. The predicted molar refractivity (Wildman–Crippen MR) is 74.5 cm³/mol. The van der Waals surface area contributed by atoms with Crippen molar-refractivity contribution < 1.29 is 13.9 Å². The highest BCUT2D eigenvalue weighted by atomic mass is 16.5. The average molecular weight is 281 g/mol. The Balaban J connectivity index is 0.000000247. The first-order valence-corrected chi connectivity index (χ1v) is 7.25. The van der Waals surface area contributed by atoms with Crippen LogP contribution in [0.1, 0.15) is 42.1 Å². The Morgan fingerprint density at radius 1 is 1.35 bits per heavy atom. The largest absolute Gasteiger partial charge is 0.464 e. The van der Waals surface area contributed by atoms with Gasteiger partial charge in [-0.15, -0.1) is 0 Å². The average Bonchev–Trinajstić information content (AvgIpc) is 3.22. The summed E-state index contributed by atoms with van der Waals surface area (Å²) in [5, 5.41) is 3.22. The number of nitrogens with zero attached hydrogens (tertiary/aromatic N) is 2. The summed E-state index contributed by atoms with van der Waals surface area (Å²) >= 11 is 0. The molecule has 0 atom stereocenters. The summed E-state index contributed by atoms with van der Waals surface area (Å²) in [7, 11) is 1.33. The second kappa shape index (κ2) is 8.01. The number of hydrogen-bond donors (Lipinski definition) is 1. The number of likely N-dealkylation sites (tertiary alicyclic amines) is 1. The van der Waals surface area contributed by atoms with Gasteiger partial charge in [-0.2, -0.15) is 0 Å². The first-order valence-electron chi connectivity index (χ1n) is 7.25. The molecule has 1 N–H and O–H groups in total. The lowest BCUT2D eigenvalue weighted by Gasteiger charge is -2.10. The third-order valence-electron chi connectivity index (χ3n) is 3.46. The first kappa shape index (κ1) is 15.0. The van der Waals surface area contributed by atoms with Crippen LogP contribution in [0.15, 0.2) is 10.7 Å². The molecule has 0 radical (unpaired) electrons. The number of carbonyl (C=O) groups excluding carboxylic acids is 1. The topological polar surface area (TPSA) is 67.6 Å². The highest BCUT2D eigenvalue weighted by molar-refractivity contribution is 5.86. The summed E-state index contributed by atoms with van der Waals surface area (Å²) < 4.78 is 9.74. The summed E-state index contributed by atoms with van der Waals surface area (Å²) in [5.41, 5.74) is 0.242. The van der Waals surface area contributed by atoms with Crippen LogP contribution in [0, 0.1) is 0 Å². The molecular formula is C14H23N3O3. The number of carbonyl (C=O) groups is 1. The van der Waals surface area contributed by atoms with Gasteiger partial charge in [-0.25, -0.2) is 9.78 Å². The van der Waals surface area contributed by atoms with Crippen LogP contribution in [-0.4, -0.2) is 49.1 Å². The van der Waals surface area contributed by atoms with Crippen LogP contribution in [0.4, 0.5) is 0 Å². The van der Waals surface area contributed by atoms with Crippen molar-refractivity contribution in [2.45, 2.75) is 32.2 Å². The molecule has 0 unspecified atom stereocenters. The van der Waals surface area contributed by atoms with Gasteiger partial charge in [0.05, 0.1) is 13.7 Å². The monoisotopic (exact) mass is 281 g/mol. The van der Waals surface area contributed by atoms with E-state index in [0.29, 0.717) is 12.4 Å². The Labute approximate surface area is 119 Å². The molecule has 3 heterocycles. The van der Waals surface area contributed by atoms with E-state index in [9.17, 15) is 4.79 Å². The van der Waals surface area contributed by atoms with E-state index >= 15 is 0 Å². The van der Waals surface area contributed by atoms with Crippen LogP contribution in [0.3, 0.4) is 0 Å². The van der Waals surface area contributed by atoms with Gasteiger partial charge < -0.3 is 14.5 Å². The Hall–Kier alpha value is -1.40. The van der Waals surface area contributed by atoms with Gasteiger partial charge in [-0.3, -0.25) is 4.90 Å². The van der Waals surface area contributed by atoms with E-state index in [0.717, 1.165) is 13.1 Å². The second-order valence-corrected chi connectivity index (χ2v) is 5.06. The summed E-state index contributed by atoms with van der Waals surface area (Å²) in [6.07, 6.45) is 6.58. The third kappa shape index (κ3) is 4.61. The molecular weight excluding hydrogens is 258 g/mol. The van der Waals surface area contributed by atoms with Gasteiger partial charge in [0.2, 0.25) is 5.89 Å². The molecule has 6 nitrogen and oxygen atoms in total. The lowest BCUT2D eigenvalue weighted by Crippen LogP contribution is -2.18. The number of nitrogens with one attached hydrogen (secondary N) is 1. The molecule has 112 valence electrons. The molecule has 0 amide bonds. The van der Waals surface area contributed by atoms with Gasteiger partial charge in [0.25, 0.3) is 0 Å². The minimum atomic E-state index is -0.452. The van der Waals surface area contributed by atoms with Crippen molar-refractivity contribution in [3.05, 3.63) is 17.8 Å². The Morgan fingerprint density at radius 2 is 2.05 bits per heavy atom. The van der Waals surface area contributed by atoms with E-state index in [2.05, 4.69) is 19.9 Å². The van der Waals surface area contributed by atoms with E-state index in [1.807, 2.05) is 0 Å². The molecule has 3 rings (SSSR count). The van der Waals surface area contributed by atoms with Crippen molar-refractivity contribution in [1.29, 1.82) is 0 Å². The molecule has 2 fully saturated rings. The van der Waals surface area contributed by atoms with Crippen molar-refractivity contribution in [2.24, 2.45) is 0 Å². The molecule has 2 aliphatic heterocycles. The standard InChI is InChI=1S/C10H14N2O3.C4H9N/c1-14-10(13)8-7-15-9(11-8)6-12-4-2-3-5-12;1-2-4-5-3-1/h7H,2-6H2,1H3;5H,1-4H2. The molecule has 0 bridgehead atoms. The fourth-order valence-electron chi connectivity index (χ4n) is 2.34. The maximum absolute atomic E-state index is 11.1. The molecule has 0 aromatic carbocycles. The van der Waals surface area contributed by atoms with Gasteiger partial charge in [-0.05, 0) is 51.9 Å². The number of ether oxygens (including phenoxy) is 1. The highest BCUT2D eigenvalue weighted by Crippen LogP contribution is 2.12. The van der Waals surface area contributed by atoms with Crippen LogP contribution in [0.2, 0.25) is 0 Å². The van der Waals surface area contributed by atoms with Crippen LogP contribution < -0.4 is 5.32 Å². The SMILES string of the molecule is C1CCNC1.COC(=O)c1coc(CN2CCCC2)n1. The summed E-state index contributed by atoms with van der Waals surface area (Å²) in [6, 6.07) is 0. The molecule has 1 aromatic heterocycles. The normalized spacial score (nSPS) is 18.6. The summed E-state index contributed by atoms with van der Waals surface area (Å²) in [5.74, 6) is 0.128. The van der Waals surface area contributed by atoms with Crippen molar-refractivity contribution in [3.63, 3.8) is 0 Å².